The van der Waals surface area contributed by atoms with Gasteiger partial charge >= 0.3 is 0 Å². The third kappa shape index (κ3) is 3.59. The molecule has 3 aromatic carbocycles. The van der Waals surface area contributed by atoms with Crippen LogP contribution in [0.4, 0.5) is 11.4 Å². The number of carbonyl (C=O) groups is 2. The fourth-order valence-electron chi connectivity index (χ4n) is 3.68. The maximum Gasteiger partial charge on any atom is 0.259 e. The smallest absolute Gasteiger partial charge is 0.259 e. The summed E-state index contributed by atoms with van der Waals surface area (Å²) in [5.74, 6) is 0.625. The summed E-state index contributed by atoms with van der Waals surface area (Å²) in [5.41, 5.74) is 2.78. The van der Waals surface area contributed by atoms with Crippen molar-refractivity contribution in [2.24, 2.45) is 0 Å². The fraction of sp³-hybridized carbons (Fsp3) is 0.167. The molecule has 4 rings (SSSR count). The molecule has 0 bridgehead atoms. The minimum atomic E-state index is -0.665. The Morgan fingerprint density at radius 1 is 0.933 bits per heavy atom. The largest absolute Gasteiger partial charge is 0.497 e. The quantitative estimate of drug-likeness (QED) is 0.703. The van der Waals surface area contributed by atoms with Crippen LogP contribution in [0.15, 0.2) is 72.8 Å². The highest BCUT2D eigenvalue weighted by Gasteiger charge is 2.38. The Kier molecular flexibility index (Phi) is 5.39. The Morgan fingerprint density at radius 3 is 2.40 bits per heavy atom. The number of para-hydroxylation sites is 1. The molecule has 0 saturated heterocycles. The van der Waals surface area contributed by atoms with Gasteiger partial charge in [0.15, 0.2) is 0 Å². The van der Waals surface area contributed by atoms with E-state index in [9.17, 15) is 9.59 Å². The van der Waals surface area contributed by atoms with E-state index in [2.05, 4.69) is 5.32 Å². The standard InChI is InChI=1S/C24H22N2O4/c1-29-18-12-13-19(22(15-18)30-2)25-23(27)21-14-17-10-6-7-11-20(17)26(21)24(28)16-8-4-3-5-9-16/h3-13,15,21H,14H2,1-2H3,(H,25,27). The highest BCUT2D eigenvalue weighted by molar-refractivity contribution is 6.13. The van der Waals surface area contributed by atoms with Gasteiger partial charge in [0, 0.05) is 23.7 Å². The van der Waals surface area contributed by atoms with Crippen molar-refractivity contribution in [1.82, 2.24) is 0 Å². The molecule has 1 aliphatic heterocycles. The highest BCUT2D eigenvalue weighted by Crippen LogP contribution is 2.35. The van der Waals surface area contributed by atoms with Crippen LogP contribution >= 0.6 is 0 Å². The lowest BCUT2D eigenvalue weighted by molar-refractivity contribution is -0.117. The minimum Gasteiger partial charge on any atom is -0.497 e. The van der Waals surface area contributed by atoms with Crippen LogP contribution in [-0.4, -0.2) is 32.1 Å². The molecule has 0 aliphatic carbocycles. The van der Waals surface area contributed by atoms with E-state index in [0.29, 0.717) is 29.2 Å². The predicted molar refractivity (Wildman–Crippen MR) is 115 cm³/mol. The van der Waals surface area contributed by atoms with Gasteiger partial charge in [-0.15, -0.1) is 0 Å². The van der Waals surface area contributed by atoms with E-state index >= 15 is 0 Å². The number of benzene rings is 3. The molecule has 3 aromatic rings. The zero-order chi connectivity index (χ0) is 21.1. The second-order valence-corrected chi connectivity index (χ2v) is 6.95. The number of amides is 2. The van der Waals surface area contributed by atoms with Crippen molar-refractivity contribution in [2.75, 3.05) is 24.4 Å². The molecule has 0 spiro atoms. The summed E-state index contributed by atoms with van der Waals surface area (Å²) in [4.78, 5) is 28.1. The first-order valence-electron chi connectivity index (χ1n) is 9.61. The average molecular weight is 402 g/mol. The molecule has 1 unspecified atom stereocenters. The number of rotatable bonds is 5. The number of nitrogens with one attached hydrogen (secondary N) is 1. The molecular formula is C24H22N2O4. The van der Waals surface area contributed by atoms with Gasteiger partial charge < -0.3 is 14.8 Å². The molecule has 0 fully saturated rings. The second kappa shape index (κ2) is 8.29. The van der Waals surface area contributed by atoms with Gasteiger partial charge in [0.05, 0.1) is 19.9 Å². The van der Waals surface area contributed by atoms with Crippen LogP contribution in [0.2, 0.25) is 0 Å². The third-order valence-electron chi connectivity index (χ3n) is 5.18. The maximum atomic E-state index is 13.3. The number of anilines is 2. The molecule has 152 valence electrons. The molecule has 0 aromatic heterocycles. The summed E-state index contributed by atoms with van der Waals surface area (Å²) in [6, 6.07) is 21.1. The van der Waals surface area contributed by atoms with Crippen molar-refractivity contribution in [1.29, 1.82) is 0 Å². The summed E-state index contributed by atoms with van der Waals surface area (Å²) in [7, 11) is 3.09. The van der Waals surface area contributed by atoms with E-state index in [4.69, 9.17) is 9.47 Å². The van der Waals surface area contributed by atoms with E-state index in [1.54, 1.807) is 42.3 Å². The van der Waals surface area contributed by atoms with Crippen LogP contribution in [0.3, 0.4) is 0 Å². The van der Waals surface area contributed by atoms with Gasteiger partial charge in [0.1, 0.15) is 17.5 Å². The predicted octanol–water partition coefficient (Wildman–Crippen LogP) is 3.91. The van der Waals surface area contributed by atoms with Gasteiger partial charge in [-0.05, 0) is 35.9 Å². The first kappa shape index (κ1) is 19.5. The Balaban J connectivity index is 1.65. The molecule has 1 heterocycles. The van der Waals surface area contributed by atoms with Crippen LogP contribution in [0.25, 0.3) is 0 Å². The lowest BCUT2D eigenvalue weighted by atomic mass is 10.1. The summed E-state index contributed by atoms with van der Waals surface area (Å²) < 4.78 is 10.6. The first-order valence-corrected chi connectivity index (χ1v) is 9.61. The summed E-state index contributed by atoms with van der Waals surface area (Å²) in [6.07, 6.45) is 0.444. The molecule has 30 heavy (non-hydrogen) atoms. The van der Waals surface area contributed by atoms with Crippen molar-refractivity contribution in [3.8, 4) is 11.5 Å². The first-order chi connectivity index (χ1) is 14.6. The number of methoxy groups -OCH3 is 2. The zero-order valence-corrected chi connectivity index (χ0v) is 16.8. The number of hydrogen-bond donors (Lipinski definition) is 1. The van der Waals surface area contributed by atoms with Crippen LogP contribution in [-0.2, 0) is 11.2 Å². The van der Waals surface area contributed by atoms with E-state index in [0.717, 1.165) is 11.3 Å². The molecule has 6 heteroatoms. The monoisotopic (exact) mass is 402 g/mol. The van der Waals surface area contributed by atoms with Crippen LogP contribution in [0.5, 0.6) is 11.5 Å². The van der Waals surface area contributed by atoms with Crippen molar-refractivity contribution in [3.05, 3.63) is 83.9 Å². The SMILES string of the molecule is COc1ccc(NC(=O)C2Cc3ccccc3N2C(=O)c2ccccc2)c(OC)c1. The van der Waals surface area contributed by atoms with Crippen LogP contribution in [0.1, 0.15) is 15.9 Å². The average Bonchev–Trinajstić information content (AvgIpc) is 3.19. The molecule has 1 aliphatic rings. The van der Waals surface area contributed by atoms with Gasteiger partial charge in [-0.1, -0.05) is 36.4 Å². The Bertz CT molecular complexity index is 1080. The zero-order valence-electron chi connectivity index (χ0n) is 16.8. The van der Waals surface area contributed by atoms with Gasteiger partial charge in [-0.25, -0.2) is 0 Å². The summed E-state index contributed by atoms with van der Waals surface area (Å²) >= 11 is 0. The molecule has 2 amide bonds. The molecular weight excluding hydrogens is 380 g/mol. The minimum absolute atomic E-state index is 0.206. The van der Waals surface area contributed by atoms with Crippen LogP contribution < -0.4 is 19.7 Å². The molecule has 1 N–H and O–H groups in total. The highest BCUT2D eigenvalue weighted by atomic mass is 16.5. The Morgan fingerprint density at radius 2 is 1.67 bits per heavy atom. The Hall–Kier alpha value is -3.80. The second-order valence-electron chi connectivity index (χ2n) is 6.95. The number of ether oxygens (including phenoxy) is 2. The van der Waals surface area contributed by atoms with Gasteiger partial charge in [-0.2, -0.15) is 0 Å². The van der Waals surface area contributed by atoms with E-state index in [1.165, 1.54) is 7.11 Å². The van der Waals surface area contributed by atoms with Crippen LogP contribution in [0, 0.1) is 0 Å². The molecule has 0 radical (unpaired) electrons. The third-order valence-corrected chi connectivity index (χ3v) is 5.18. The number of hydrogen-bond acceptors (Lipinski definition) is 4. The van der Waals surface area contributed by atoms with E-state index < -0.39 is 6.04 Å². The number of nitrogens with zero attached hydrogens (tertiary/aromatic N) is 1. The van der Waals surface area contributed by atoms with Gasteiger partial charge in [0.25, 0.3) is 5.91 Å². The number of carbonyl (C=O) groups excluding carboxylic acids is 2. The van der Waals surface area contributed by atoms with Crippen molar-refractivity contribution in [2.45, 2.75) is 12.5 Å². The maximum absolute atomic E-state index is 13.3. The summed E-state index contributed by atoms with van der Waals surface area (Å²) in [6.45, 7) is 0. The lowest BCUT2D eigenvalue weighted by Crippen LogP contribution is -2.45. The van der Waals surface area contributed by atoms with Gasteiger partial charge in [-0.3, -0.25) is 14.5 Å². The molecule has 6 nitrogen and oxygen atoms in total. The lowest BCUT2D eigenvalue weighted by Gasteiger charge is -2.25. The summed E-state index contributed by atoms with van der Waals surface area (Å²) in [5, 5.41) is 2.91. The number of fused-ring (bicyclic) bond motifs is 1. The fourth-order valence-corrected chi connectivity index (χ4v) is 3.68. The van der Waals surface area contributed by atoms with Crippen molar-refractivity contribution in [3.63, 3.8) is 0 Å². The molecule has 1 atom stereocenters. The Labute approximate surface area is 175 Å². The topological polar surface area (TPSA) is 67.9 Å². The van der Waals surface area contributed by atoms with E-state index in [1.807, 2.05) is 42.5 Å². The van der Waals surface area contributed by atoms with E-state index in [-0.39, 0.29) is 11.8 Å². The normalized spacial score (nSPS) is 14.7. The van der Waals surface area contributed by atoms with Crippen molar-refractivity contribution < 1.29 is 19.1 Å². The molecule has 0 saturated carbocycles. The van der Waals surface area contributed by atoms with Crippen molar-refractivity contribution >= 4 is 23.2 Å². The van der Waals surface area contributed by atoms with Gasteiger partial charge in [0.2, 0.25) is 5.91 Å².